The molecule has 23 heavy (non-hydrogen) atoms. The number of hydrazine groups is 1. The molecule has 1 heterocycles. The first-order valence-corrected chi connectivity index (χ1v) is 10.7. The van der Waals surface area contributed by atoms with E-state index in [0.717, 1.165) is 30.4 Å². The van der Waals surface area contributed by atoms with Gasteiger partial charge >= 0.3 is 0 Å². The first-order chi connectivity index (χ1) is 10.8. The van der Waals surface area contributed by atoms with Gasteiger partial charge in [-0.1, -0.05) is 6.07 Å². The molecule has 0 aromatic heterocycles. The number of carbonyl (C=O) groups is 1. The van der Waals surface area contributed by atoms with Crippen molar-refractivity contribution in [3.63, 3.8) is 0 Å². The second-order valence-electron chi connectivity index (χ2n) is 5.98. The number of rotatable bonds is 4. The van der Waals surface area contributed by atoms with E-state index in [4.69, 9.17) is 0 Å². The van der Waals surface area contributed by atoms with Crippen LogP contribution in [0.25, 0.3) is 0 Å². The molecule has 1 aliphatic heterocycles. The largest absolute Gasteiger partial charge is 0.277 e. The van der Waals surface area contributed by atoms with Gasteiger partial charge in [0.25, 0.3) is 10.0 Å². The predicted molar refractivity (Wildman–Crippen MR) is 83.7 cm³/mol. The smallest absolute Gasteiger partial charge is 0.257 e. The molecule has 0 saturated carbocycles. The van der Waals surface area contributed by atoms with Crippen molar-refractivity contribution in [1.29, 1.82) is 0 Å². The van der Waals surface area contributed by atoms with Crippen molar-refractivity contribution in [2.75, 3.05) is 11.5 Å². The van der Waals surface area contributed by atoms with Crippen LogP contribution in [-0.4, -0.2) is 34.2 Å². The topological polar surface area (TPSA) is 109 Å². The summed E-state index contributed by atoms with van der Waals surface area (Å²) in [4.78, 5) is 14.0. The summed E-state index contributed by atoms with van der Waals surface area (Å²) in [5.41, 5.74) is 4.30. The monoisotopic (exact) mass is 358 g/mol. The van der Waals surface area contributed by atoms with Crippen LogP contribution in [-0.2, 0) is 37.5 Å². The summed E-state index contributed by atoms with van der Waals surface area (Å²) in [6.45, 7) is 0. The molecule has 9 heteroatoms. The summed E-state index contributed by atoms with van der Waals surface area (Å²) < 4.78 is 47.2. The van der Waals surface area contributed by atoms with Crippen LogP contribution in [0.3, 0.4) is 0 Å². The molecule has 1 aromatic rings. The zero-order valence-corrected chi connectivity index (χ0v) is 14.0. The van der Waals surface area contributed by atoms with Crippen LogP contribution >= 0.6 is 0 Å². The molecular formula is C14H18N2O5S2. The van der Waals surface area contributed by atoms with Crippen molar-refractivity contribution in [1.82, 2.24) is 10.3 Å². The number of carbonyl (C=O) groups excluding carboxylic acids is 1. The zero-order valence-electron chi connectivity index (χ0n) is 12.4. The van der Waals surface area contributed by atoms with Crippen molar-refractivity contribution >= 4 is 25.8 Å². The van der Waals surface area contributed by atoms with Crippen LogP contribution in [0.1, 0.15) is 24.0 Å². The predicted octanol–water partition coefficient (Wildman–Crippen LogP) is -0.0805. The summed E-state index contributed by atoms with van der Waals surface area (Å²) >= 11 is 0. The number of hydrogen-bond acceptors (Lipinski definition) is 5. The number of nitrogens with one attached hydrogen (secondary N) is 2. The Hall–Kier alpha value is -1.45. The molecular weight excluding hydrogens is 340 g/mol. The normalized spacial score (nSPS) is 22.7. The average molecular weight is 358 g/mol. The van der Waals surface area contributed by atoms with Gasteiger partial charge in [0, 0.05) is 0 Å². The average Bonchev–Trinajstić information content (AvgIpc) is 3.10. The summed E-state index contributed by atoms with van der Waals surface area (Å²) in [6, 6.07) is 4.93. The Kier molecular flexibility index (Phi) is 4.19. The lowest BCUT2D eigenvalue weighted by Gasteiger charge is -2.12. The fourth-order valence-electron chi connectivity index (χ4n) is 3.00. The number of hydrogen-bond donors (Lipinski definition) is 2. The number of benzene rings is 1. The highest BCUT2D eigenvalue weighted by atomic mass is 32.2. The Morgan fingerprint density at radius 1 is 1.17 bits per heavy atom. The van der Waals surface area contributed by atoms with Crippen LogP contribution in [0.5, 0.6) is 0 Å². The van der Waals surface area contributed by atoms with E-state index >= 15 is 0 Å². The minimum atomic E-state index is -3.87. The third-order valence-electron chi connectivity index (χ3n) is 4.29. The highest BCUT2D eigenvalue weighted by Gasteiger charge is 2.33. The van der Waals surface area contributed by atoms with E-state index < -0.39 is 31.7 Å². The Labute approximate surface area is 135 Å². The maximum Gasteiger partial charge on any atom is 0.257 e. The molecule has 7 nitrogen and oxygen atoms in total. The van der Waals surface area contributed by atoms with Gasteiger partial charge in [0.1, 0.15) is 0 Å². The fraction of sp³-hybridized carbons (Fsp3) is 0.500. The SMILES string of the molecule is O=C(NNS(=O)(=O)c1ccc2c(c1)CCC2)[C@@H]1CCS(=O)(=O)C1. The van der Waals surface area contributed by atoms with Crippen LogP contribution in [0.4, 0.5) is 0 Å². The quantitative estimate of drug-likeness (QED) is 0.732. The van der Waals surface area contributed by atoms with Crippen LogP contribution in [0.2, 0.25) is 0 Å². The third-order valence-corrected chi connectivity index (χ3v) is 7.31. The van der Waals surface area contributed by atoms with Crippen LogP contribution in [0, 0.1) is 5.92 Å². The van der Waals surface area contributed by atoms with Crippen LogP contribution < -0.4 is 10.3 Å². The Morgan fingerprint density at radius 2 is 1.91 bits per heavy atom. The van der Waals surface area contributed by atoms with E-state index in [9.17, 15) is 21.6 Å². The number of sulfonamides is 1. The molecule has 1 saturated heterocycles. The number of aryl methyl sites for hydroxylation is 2. The lowest BCUT2D eigenvalue weighted by Crippen LogP contribution is -2.44. The molecule has 1 fully saturated rings. The van der Waals surface area contributed by atoms with E-state index in [1.165, 1.54) is 6.07 Å². The zero-order chi connectivity index (χ0) is 16.7. The molecule has 1 atom stereocenters. The van der Waals surface area contributed by atoms with Gasteiger partial charge in [-0.25, -0.2) is 16.8 Å². The minimum absolute atomic E-state index is 0.0390. The van der Waals surface area contributed by atoms with Crippen molar-refractivity contribution in [3.05, 3.63) is 29.3 Å². The highest BCUT2D eigenvalue weighted by molar-refractivity contribution is 7.91. The lowest BCUT2D eigenvalue weighted by molar-refractivity contribution is -0.124. The van der Waals surface area contributed by atoms with Gasteiger partial charge in [-0.2, -0.15) is 0 Å². The van der Waals surface area contributed by atoms with E-state index in [-0.39, 0.29) is 22.8 Å². The van der Waals surface area contributed by atoms with Gasteiger partial charge < -0.3 is 0 Å². The molecule has 1 aromatic carbocycles. The van der Waals surface area contributed by atoms with Crippen molar-refractivity contribution in [3.8, 4) is 0 Å². The molecule has 2 N–H and O–H groups in total. The second-order valence-corrected chi connectivity index (χ2v) is 9.89. The summed E-state index contributed by atoms with van der Waals surface area (Å²) in [6.07, 6.45) is 3.04. The number of fused-ring (bicyclic) bond motifs is 1. The molecule has 126 valence electrons. The maximum atomic E-state index is 12.2. The van der Waals surface area contributed by atoms with Gasteiger partial charge in [0.05, 0.1) is 22.3 Å². The van der Waals surface area contributed by atoms with Crippen LogP contribution in [0.15, 0.2) is 23.1 Å². The molecule has 0 spiro atoms. The van der Waals surface area contributed by atoms with Crippen molar-refractivity contribution in [2.45, 2.75) is 30.6 Å². The van der Waals surface area contributed by atoms with Gasteiger partial charge in [0.2, 0.25) is 5.91 Å². The molecule has 1 amide bonds. The number of sulfone groups is 1. The van der Waals surface area contributed by atoms with Gasteiger partial charge in [-0.3, -0.25) is 10.2 Å². The minimum Gasteiger partial charge on any atom is -0.277 e. The Bertz CT molecular complexity index is 846. The maximum absolute atomic E-state index is 12.2. The van der Waals surface area contributed by atoms with E-state index in [1.807, 2.05) is 4.83 Å². The first kappa shape index (κ1) is 16.4. The first-order valence-electron chi connectivity index (χ1n) is 7.41. The van der Waals surface area contributed by atoms with E-state index in [0.29, 0.717) is 0 Å². The van der Waals surface area contributed by atoms with E-state index in [1.54, 1.807) is 12.1 Å². The summed E-state index contributed by atoms with van der Waals surface area (Å²) in [7, 11) is -7.06. The Morgan fingerprint density at radius 3 is 2.61 bits per heavy atom. The van der Waals surface area contributed by atoms with Gasteiger partial charge in [-0.15, -0.1) is 4.83 Å². The molecule has 2 aliphatic rings. The van der Waals surface area contributed by atoms with Crippen molar-refractivity contribution < 1.29 is 21.6 Å². The molecule has 3 rings (SSSR count). The second kappa shape index (κ2) is 5.88. The highest BCUT2D eigenvalue weighted by Crippen LogP contribution is 2.24. The number of amides is 1. The fourth-order valence-corrected chi connectivity index (χ4v) is 5.63. The van der Waals surface area contributed by atoms with Crippen molar-refractivity contribution in [2.24, 2.45) is 5.92 Å². The van der Waals surface area contributed by atoms with Gasteiger partial charge in [0.15, 0.2) is 9.84 Å². The summed E-state index contributed by atoms with van der Waals surface area (Å²) in [5, 5.41) is 0. The molecule has 1 aliphatic carbocycles. The third kappa shape index (κ3) is 3.56. The standard InChI is InChI=1S/C14H18N2O5S2/c17-14(12-6-7-22(18,19)9-12)15-16-23(20,21)13-5-4-10-2-1-3-11(10)8-13/h4-5,8,12,16H,1-3,6-7,9H2,(H,15,17)/t12-/m1/s1. The summed E-state index contributed by atoms with van der Waals surface area (Å²) in [5.74, 6) is -1.60. The lowest BCUT2D eigenvalue weighted by atomic mass is 10.1. The molecule has 0 bridgehead atoms. The Balaban J connectivity index is 1.66. The van der Waals surface area contributed by atoms with Gasteiger partial charge in [-0.05, 0) is 48.9 Å². The molecule has 0 unspecified atom stereocenters. The van der Waals surface area contributed by atoms with E-state index in [2.05, 4.69) is 5.43 Å². The molecule has 0 radical (unpaired) electrons.